The summed E-state index contributed by atoms with van der Waals surface area (Å²) in [6.07, 6.45) is 2.14. The van der Waals surface area contributed by atoms with Crippen LogP contribution >= 0.6 is 24.0 Å². The molecule has 6 nitrogen and oxygen atoms in total. The summed E-state index contributed by atoms with van der Waals surface area (Å²) in [5.41, 5.74) is 1.09. The predicted octanol–water partition coefficient (Wildman–Crippen LogP) is 2.71. The summed E-state index contributed by atoms with van der Waals surface area (Å²) < 4.78 is 9.83. The van der Waals surface area contributed by atoms with Gasteiger partial charge in [0.05, 0.1) is 20.8 Å². The number of carbonyl (C=O) groups excluding carboxylic acids is 1. The van der Waals surface area contributed by atoms with Crippen molar-refractivity contribution >= 4 is 35.9 Å². The quantitative estimate of drug-likeness (QED) is 0.200. The van der Waals surface area contributed by atoms with Crippen molar-refractivity contribution in [3.8, 4) is 5.75 Å². The van der Waals surface area contributed by atoms with Crippen molar-refractivity contribution in [3.05, 3.63) is 29.8 Å². The number of nitrogens with one attached hydrogen (secondary N) is 2. The zero-order valence-corrected chi connectivity index (χ0v) is 17.0. The second-order valence-electron chi connectivity index (χ2n) is 5.01. The van der Waals surface area contributed by atoms with Crippen LogP contribution < -0.4 is 15.4 Å². The molecule has 0 unspecified atom stereocenters. The summed E-state index contributed by atoms with van der Waals surface area (Å²) in [7, 11) is 3.07. The van der Waals surface area contributed by atoms with Crippen molar-refractivity contribution in [1.29, 1.82) is 0 Å². The number of carbonyl (C=O) groups is 1. The van der Waals surface area contributed by atoms with E-state index in [0.717, 1.165) is 43.2 Å². The molecule has 0 saturated heterocycles. The average molecular weight is 449 g/mol. The van der Waals surface area contributed by atoms with Gasteiger partial charge in [0.1, 0.15) is 5.75 Å². The molecule has 2 N–H and O–H groups in total. The Morgan fingerprint density at radius 3 is 2.67 bits per heavy atom. The van der Waals surface area contributed by atoms with E-state index < -0.39 is 0 Å². The second kappa shape index (κ2) is 13.9. The van der Waals surface area contributed by atoms with Gasteiger partial charge in [-0.25, -0.2) is 4.99 Å². The van der Waals surface area contributed by atoms with Crippen LogP contribution in [0.1, 0.15) is 31.7 Å². The van der Waals surface area contributed by atoms with Gasteiger partial charge in [0, 0.05) is 19.5 Å². The normalized spacial score (nSPS) is 10.5. The number of nitrogens with zero attached hydrogens (tertiary/aromatic N) is 1. The van der Waals surface area contributed by atoms with Crippen LogP contribution in [0, 0.1) is 0 Å². The minimum atomic E-state index is -0.163. The SMILES string of the molecule is CCNC(=NCc1cccc(OC)c1)NCCCCC(=O)OC.I. The third-order valence-electron chi connectivity index (χ3n) is 3.23. The lowest BCUT2D eigenvalue weighted by Crippen LogP contribution is -2.37. The van der Waals surface area contributed by atoms with E-state index in [9.17, 15) is 4.79 Å². The van der Waals surface area contributed by atoms with Crippen LogP contribution in [0.15, 0.2) is 29.3 Å². The van der Waals surface area contributed by atoms with Crippen molar-refractivity contribution < 1.29 is 14.3 Å². The Hall–Kier alpha value is -1.51. The van der Waals surface area contributed by atoms with E-state index >= 15 is 0 Å². The van der Waals surface area contributed by atoms with Gasteiger partial charge in [-0.05, 0) is 37.5 Å². The first kappa shape index (κ1) is 22.5. The molecule has 1 aromatic rings. The molecular formula is C17H28IN3O3. The van der Waals surface area contributed by atoms with Gasteiger partial charge in [-0.1, -0.05) is 12.1 Å². The molecule has 0 spiro atoms. The van der Waals surface area contributed by atoms with E-state index in [1.807, 2.05) is 31.2 Å². The molecular weight excluding hydrogens is 421 g/mol. The maximum atomic E-state index is 11.0. The first-order chi connectivity index (χ1) is 11.2. The predicted molar refractivity (Wildman–Crippen MR) is 107 cm³/mol. The molecule has 0 saturated carbocycles. The number of hydrogen-bond donors (Lipinski definition) is 2. The highest BCUT2D eigenvalue weighted by Gasteiger charge is 2.01. The number of aliphatic imine (C=N–C) groups is 1. The zero-order valence-electron chi connectivity index (χ0n) is 14.6. The molecule has 1 rings (SSSR count). The van der Waals surface area contributed by atoms with Crippen molar-refractivity contribution in [2.24, 2.45) is 4.99 Å². The van der Waals surface area contributed by atoms with E-state index in [1.165, 1.54) is 7.11 Å². The molecule has 0 radical (unpaired) electrons. The van der Waals surface area contributed by atoms with Gasteiger partial charge >= 0.3 is 5.97 Å². The van der Waals surface area contributed by atoms with Gasteiger partial charge in [-0.2, -0.15) is 0 Å². The first-order valence-corrected chi connectivity index (χ1v) is 7.91. The monoisotopic (exact) mass is 449 g/mol. The number of halogens is 1. The van der Waals surface area contributed by atoms with Crippen molar-refractivity contribution in [2.75, 3.05) is 27.3 Å². The van der Waals surface area contributed by atoms with Gasteiger partial charge in [-0.3, -0.25) is 4.79 Å². The molecule has 1 aromatic carbocycles. The molecule has 0 amide bonds. The minimum absolute atomic E-state index is 0. The molecule has 0 aliphatic heterocycles. The summed E-state index contributed by atoms with van der Waals surface area (Å²) in [6, 6.07) is 7.87. The summed E-state index contributed by atoms with van der Waals surface area (Å²) in [5, 5.41) is 6.48. The molecule has 0 aliphatic rings. The Bertz CT molecular complexity index is 510. The van der Waals surface area contributed by atoms with E-state index in [0.29, 0.717) is 13.0 Å². The lowest BCUT2D eigenvalue weighted by molar-refractivity contribution is -0.140. The van der Waals surface area contributed by atoms with Crippen molar-refractivity contribution in [2.45, 2.75) is 32.7 Å². The zero-order chi connectivity index (χ0) is 16.9. The van der Waals surface area contributed by atoms with Crippen molar-refractivity contribution in [3.63, 3.8) is 0 Å². The molecule has 0 aliphatic carbocycles. The smallest absolute Gasteiger partial charge is 0.305 e. The van der Waals surface area contributed by atoms with Crippen LogP contribution in [0.4, 0.5) is 0 Å². The lowest BCUT2D eigenvalue weighted by Gasteiger charge is -2.11. The van der Waals surface area contributed by atoms with Crippen LogP contribution in [0.25, 0.3) is 0 Å². The van der Waals surface area contributed by atoms with Crippen LogP contribution in [0.5, 0.6) is 5.75 Å². The van der Waals surface area contributed by atoms with E-state index in [2.05, 4.69) is 20.4 Å². The number of rotatable bonds is 9. The van der Waals surface area contributed by atoms with Crippen LogP contribution in [0.2, 0.25) is 0 Å². The number of benzene rings is 1. The number of guanidine groups is 1. The second-order valence-corrected chi connectivity index (χ2v) is 5.01. The molecule has 24 heavy (non-hydrogen) atoms. The Kier molecular flexibility index (Phi) is 13.0. The number of methoxy groups -OCH3 is 2. The van der Waals surface area contributed by atoms with E-state index in [1.54, 1.807) is 7.11 Å². The molecule has 0 heterocycles. The molecule has 0 fully saturated rings. The highest BCUT2D eigenvalue weighted by molar-refractivity contribution is 14.0. The Morgan fingerprint density at radius 1 is 1.21 bits per heavy atom. The fraction of sp³-hybridized carbons (Fsp3) is 0.529. The van der Waals surface area contributed by atoms with Crippen LogP contribution in [0.3, 0.4) is 0 Å². The van der Waals surface area contributed by atoms with Crippen LogP contribution in [-0.4, -0.2) is 39.2 Å². The van der Waals surface area contributed by atoms with E-state index in [-0.39, 0.29) is 29.9 Å². The van der Waals surface area contributed by atoms with Crippen LogP contribution in [-0.2, 0) is 16.1 Å². The fourth-order valence-corrected chi connectivity index (χ4v) is 1.99. The minimum Gasteiger partial charge on any atom is -0.497 e. The first-order valence-electron chi connectivity index (χ1n) is 7.91. The summed E-state index contributed by atoms with van der Waals surface area (Å²) in [6.45, 7) is 4.17. The Labute approximate surface area is 161 Å². The number of esters is 1. The lowest BCUT2D eigenvalue weighted by atomic mass is 10.2. The standard InChI is InChI=1S/C17H27N3O3.HI/c1-4-18-17(19-11-6-5-10-16(21)23-3)20-13-14-8-7-9-15(12-14)22-2;/h7-9,12H,4-6,10-11,13H2,1-3H3,(H2,18,19,20);1H. The maximum absolute atomic E-state index is 11.0. The molecule has 0 atom stereocenters. The third kappa shape index (κ3) is 9.59. The maximum Gasteiger partial charge on any atom is 0.305 e. The Balaban J connectivity index is 0.00000529. The Morgan fingerprint density at radius 2 is 2.00 bits per heavy atom. The van der Waals surface area contributed by atoms with Gasteiger partial charge in [0.25, 0.3) is 0 Å². The summed E-state index contributed by atoms with van der Waals surface area (Å²) in [5.74, 6) is 1.44. The summed E-state index contributed by atoms with van der Waals surface area (Å²) in [4.78, 5) is 15.6. The number of ether oxygens (including phenoxy) is 2. The summed E-state index contributed by atoms with van der Waals surface area (Å²) >= 11 is 0. The molecule has 0 aromatic heterocycles. The van der Waals surface area contributed by atoms with Gasteiger partial charge in [-0.15, -0.1) is 24.0 Å². The average Bonchev–Trinajstić information content (AvgIpc) is 2.59. The van der Waals surface area contributed by atoms with Gasteiger partial charge in [0.2, 0.25) is 0 Å². The van der Waals surface area contributed by atoms with Gasteiger partial charge < -0.3 is 20.1 Å². The molecule has 136 valence electrons. The topological polar surface area (TPSA) is 72.0 Å². The molecule has 0 bridgehead atoms. The highest BCUT2D eigenvalue weighted by Crippen LogP contribution is 2.13. The van der Waals surface area contributed by atoms with Gasteiger partial charge in [0.15, 0.2) is 5.96 Å². The third-order valence-corrected chi connectivity index (χ3v) is 3.23. The van der Waals surface area contributed by atoms with E-state index in [4.69, 9.17) is 4.74 Å². The molecule has 7 heteroatoms. The van der Waals surface area contributed by atoms with Crippen molar-refractivity contribution in [1.82, 2.24) is 10.6 Å². The number of unbranched alkanes of at least 4 members (excludes halogenated alkanes) is 1. The highest BCUT2D eigenvalue weighted by atomic mass is 127. The largest absolute Gasteiger partial charge is 0.497 e. The number of hydrogen-bond acceptors (Lipinski definition) is 4. The fourth-order valence-electron chi connectivity index (χ4n) is 1.99.